The number of hydrogen-bond acceptors (Lipinski definition) is 6. The highest BCUT2D eigenvalue weighted by Gasteiger charge is 2.40. The van der Waals surface area contributed by atoms with E-state index < -0.39 is 17.8 Å². The molecule has 12 heteroatoms. The van der Waals surface area contributed by atoms with Crippen LogP contribution in [0.4, 0.5) is 13.2 Å². The topological polar surface area (TPSA) is 83.2 Å². The Morgan fingerprint density at radius 3 is 2.49 bits per heavy atom. The first kappa shape index (κ1) is 28.8. The molecule has 2 atom stereocenters. The first-order valence-corrected chi connectivity index (χ1v) is 13.4. The predicted octanol–water partition coefficient (Wildman–Crippen LogP) is 5.27. The monoisotopic (exact) mass is 587 g/mol. The molecule has 5 rings (SSSR count). The highest BCUT2D eigenvalue weighted by molar-refractivity contribution is 6.31. The number of ether oxygens (including phenoxy) is 1. The van der Waals surface area contributed by atoms with Crippen LogP contribution in [0.25, 0.3) is 16.9 Å². The number of amides is 1. The number of aliphatic hydroxyl groups excluding tert-OH is 1. The number of carbonyl (C=O) groups excluding carboxylic acids is 1. The van der Waals surface area contributed by atoms with E-state index in [0.29, 0.717) is 40.5 Å². The van der Waals surface area contributed by atoms with Gasteiger partial charge in [0.2, 0.25) is 0 Å². The summed E-state index contributed by atoms with van der Waals surface area (Å²) in [5.41, 5.74) is 0.0622. The smallest absolute Gasteiger partial charge is 0.433 e. The lowest BCUT2D eigenvalue weighted by Gasteiger charge is -2.43. The second-order valence-corrected chi connectivity index (χ2v) is 10.4. The molecule has 3 heterocycles. The molecule has 1 amide bonds. The maximum Gasteiger partial charge on any atom is 0.433 e. The molecule has 4 aromatic rings. The lowest BCUT2D eigenvalue weighted by Crippen LogP contribution is -2.55. The highest BCUT2D eigenvalue weighted by atomic mass is 35.5. The molecule has 1 aliphatic heterocycles. The van der Waals surface area contributed by atoms with Gasteiger partial charge in [-0.2, -0.15) is 18.3 Å². The minimum absolute atomic E-state index is 0.0182. The van der Waals surface area contributed by atoms with Crippen LogP contribution in [-0.2, 0) is 6.18 Å². The number of hydrogen-bond donors (Lipinski definition) is 1. The Balaban J connectivity index is 1.49. The van der Waals surface area contributed by atoms with Crippen molar-refractivity contribution in [1.82, 2.24) is 24.4 Å². The van der Waals surface area contributed by atoms with Gasteiger partial charge in [0, 0.05) is 41.8 Å². The quantitative estimate of drug-likeness (QED) is 0.331. The molecule has 41 heavy (non-hydrogen) atoms. The number of aromatic nitrogens is 3. The van der Waals surface area contributed by atoms with E-state index in [1.165, 1.54) is 14.0 Å². The van der Waals surface area contributed by atoms with Crippen LogP contribution in [-0.4, -0.2) is 74.8 Å². The van der Waals surface area contributed by atoms with Crippen molar-refractivity contribution in [2.45, 2.75) is 32.1 Å². The molecule has 1 N–H and O–H groups in total. The van der Waals surface area contributed by atoms with E-state index in [4.69, 9.17) is 16.3 Å². The van der Waals surface area contributed by atoms with Crippen LogP contribution in [0.5, 0.6) is 5.75 Å². The number of aliphatic hydroxyl groups is 1. The lowest BCUT2D eigenvalue weighted by molar-refractivity contribution is -0.143. The van der Waals surface area contributed by atoms with Crippen molar-refractivity contribution < 1.29 is 27.8 Å². The van der Waals surface area contributed by atoms with Gasteiger partial charge >= 0.3 is 6.18 Å². The molecule has 8 nitrogen and oxygen atoms in total. The molecule has 1 saturated heterocycles. The average molecular weight is 588 g/mol. The Morgan fingerprint density at radius 2 is 1.88 bits per heavy atom. The molecule has 2 aromatic heterocycles. The number of benzene rings is 2. The number of carbonyl (C=O) groups is 1. The van der Waals surface area contributed by atoms with Gasteiger partial charge in [-0.15, -0.1) is 0 Å². The first-order valence-electron chi connectivity index (χ1n) is 13.0. The Labute approximate surface area is 239 Å². The van der Waals surface area contributed by atoms with E-state index in [1.807, 2.05) is 25.1 Å². The minimum atomic E-state index is -4.74. The number of halogens is 4. The summed E-state index contributed by atoms with van der Waals surface area (Å²) in [4.78, 5) is 22.0. The van der Waals surface area contributed by atoms with Crippen molar-refractivity contribution in [3.63, 3.8) is 0 Å². The van der Waals surface area contributed by atoms with Gasteiger partial charge in [0.25, 0.3) is 5.91 Å². The van der Waals surface area contributed by atoms with Crippen molar-refractivity contribution >= 4 is 23.2 Å². The molecule has 1 unspecified atom stereocenters. The molecule has 216 valence electrons. The summed E-state index contributed by atoms with van der Waals surface area (Å²) >= 11 is 6.38. The fourth-order valence-electron chi connectivity index (χ4n) is 5.47. The molecule has 0 radical (unpaired) electrons. The summed E-state index contributed by atoms with van der Waals surface area (Å²) in [6.45, 7) is 4.20. The standard InChI is InChI=1S/C29H29ClF3N5O3/c1-17-15-36(24(16-39)21-6-4-5-7-23(21)30)12-13-37(17)28(40)22-14-34-38-26(29(31,32)33)18(2)25(35-27(22)38)19-8-10-20(41-3)11-9-19/h4-11,14,17,24,39H,12-13,15-16H2,1-3H3/t17-,24?/m1/s1. The lowest BCUT2D eigenvalue weighted by atomic mass is 10.0. The summed E-state index contributed by atoms with van der Waals surface area (Å²) in [6, 6.07) is 13.1. The normalized spacial score (nSPS) is 17.2. The van der Waals surface area contributed by atoms with E-state index in [2.05, 4.69) is 15.0 Å². The zero-order chi connectivity index (χ0) is 29.5. The fraction of sp³-hybridized carbons (Fsp3) is 0.345. The van der Waals surface area contributed by atoms with Crippen LogP contribution in [0.15, 0.2) is 54.7 Å². The molecular weight excluding hydrogens is 559 g/mol. The van der Waals surface area contributed by atoms with Crippen LogP contribution in [0, 0.1) is 6.92 Å². The second-order valence-electron chi connectivity index (χ2n) is 10.0. The Morgan fingerprint density at radius 1 is 1.17 bits per heavy atom. The van der Waals surface area contributed by atoms with Gasteiger partial charge in [0.1, 0.15) is 11.3 Å². The zero-order valence-electron chi connectivity index (χ0n) is 22.7. The Hall–Kier alpha value is -3.67. The number of methoxy groups -OCH3 is 1. The summed E-state index contributed by atoms with van der Waals surface area (Å²) in [7, 11) is 1.50. The number of alkyl halides is 3. The highest BCUT2D eigenvalue weighted by Crippen LogP contribution is 2.37. The van der Waals surface area contributed by atoms with Gasteiger partial charge in [0.15, 0.2) is 11.3 Å². The fourth-order valence-corrected chi connectivity index (χ4v) is 5.73. The predicted molar refractivity (Wildman–Crippen MR) is 148 cm³/mol. The SMILES string of the molecule is COc1ccc(-c2nc3c(C(=O)N4CCN(C(CO)c5ccccc5Cl)C[C@H]4C)cnn3c(C(F)(F)F)c2C)cc1. The number of piperazine rings is 1. The van der Waals surface area contributed by atoms with Crippen LogP contribution in [0.3, 0.4) is 0 Å². The molecule has 0 saturated carbocycles. The third kappa shape index (κ3) is 5.37. The Kier molecular flexibility index (Phi) is 7.95. The van der Waals surface area contributed by atoms with E-state index >= 15 is 0 Å². The molecular formula is C29H29ClF3N5O3. The molecule has 1 fully saturated rings. The Bertz CT molecular complexity index is 1570. The van der Waals surface area contributed by atoms with Gasteiger partial charge in [-0.3, -0.25) is 9.69 Å². The largest absolute Gasteiger partial charge is 0.497 e. The van der Waals surface area contributed by atoms with Crippen LogP contribution < -0.4 is 4.74 Å². The second kappa shape index (κ2) is 11.3. The van der Waals surface area contributed by atoms with Gasteiger partial charge in [-0.1, -0.05) is 29.8 Å². The first-order chi connectivity index (χ1) is 19.5. The summed E-state index contributed by atoms with van der Waals surface area (Å²) in [5, 5.41) is 14.7. The van der Waals surface area contributed by atoms with Gasteiger partial charge in [-0.05, 0) is 49.7 Å². The number of fused-ring (bicyclic) bond motifs is 1. The van der Waals surface area contributed by atoms with Gasteiger partial charge in [-0.25, -0.2) is 9.50 Å². The van der Waals surface area contributed by atoms with Crippen LogP contribution >= 0.6 is 11.6 Å². The molecule has 0 aliphatic carbocycles. The maximum atomic E-state index is 14.3. The van der Waals surface area contributed by atoms with Crippen molar-refractivity contribution in [3.8, 4) is 17.0 Å². The maximum absolute atomic E-state index is 14.3. The van der Waals surface area contributed by atoms with E-state index in [9.17, 15) is 23.1 Å². The van der Waals surface area contributed by atoms with Crippen molar-refractivity contribution in [2.24, 2.45) is 0 Å². The molecule has 1 aliphatic rings. The van der Waals surface area contributed by atoms with E-state index in [0.717, 1.165) is 11.8 Å². The minimum Gasteiger partial charge on any atom is -0.497 e. The van der Waals surface area contributed by atoms with Crippen LogP contribution in [0.2, 0.25) is 5.02 Å². The summed E-state index contributed by atoms with van der Waals surface area (Å²) in [5.74, 6) is 0.0884. The van der Waals surface area contributed by atoms with Crippen molar-refractivity contribution in [3.05, 3.63) is 82.1 Å². The zero-order valence-corrected chi connectivity index (χ0v) is 23.4. The van der Waals surface area contributed by atoms with E-state index in [-0.39, 0.29) is 41.2 Å². The van der Waals surface area contributed by atoms with Crippen LogP contribution in [0.1, 0.15) is 40.1 Å². The molecule has 2 aromatic carbocycles. The third-order valence-electron chi connectivity index (χ3n) is 7.54. The van der Waals surface area contributed by atoms with Gasteiger partial charge in [0.05, 0.1) is 31.6 Å². The van der Waals surface area contributed by atoms with Gasteiger partial charge < -0.3 is 14.7 Å². The summed E-state index contributed by atoms with van der Waals surface area (Å²) in [6.07, 6.45) is -3.59. The average Bonchev–Trinajstić information content (AvgIpc) is 3.36. The molecule has 0 spiro atoms. The number of nitrogens with zero attached hydrogens (tertiary/aromatic N) is 5. The molecule has 0 bridgehead atoms. The van der Waals surface area contributed by atoms with Crippen molar-refractivity contribution in [1.29, 1.82) is 0 Å². The summed E-state index contributed by atoms with van der Waals surface area (Å²) < 4.78 is 48.8. The number of rotatable bonds is 6. The van der Waals surface area contributed by atoms with Crippen molar-refractivity contribution in [2.75, 3.05) is 33.4 Å². The van der Waals surface area contributed by atoms with E-state index in [1.54, 1.807) is 35.2 Å². The third-order valence-corrected chi connectivity index (χ3v) is 7.89.